The van der Waals surface area contributed by atoms with Crippen LogP contribution >= 0.6 is 11.6 Å². The van der Waals surface area contributed by atoms with Gasteiger partial charge in [0.1, 0.15) is 23.9 Å². The zero-order chi connectivity index (χ0) is 15.0. The quantitative estimate of drug-likeness (QED) is 0.691. The highest BCUT2D eigenvalue weighted by atomic mass is 35.5. The number of furan rings is 1. The summed E-state index contributed by atoms with van der Waals surface area (Å²) >= 11 is 6.18. The summed E-state index contributed by atoms with van der Waals surface area (Å²) in [6.45, 7) is 0.897. The number of nitrogens with zero attached hydrogens (tertiary/aromatic N) is 1. The minimum Gasteiger partial charge on any atom is -0.486 e. The van der Waals surface area contributed by atoms with Gasteiger partial charge in [-0.2, -0.15) is 0 Å². The van der Waals surface area contributed by atoms with Gasteiger partial charge in [0.2, 0.25) is 0 Å². The van der Waals surface area contributed by atoms with E-state index in [9.17, 15) is 10.1 Å². The molecular weight excluding hydrogens is 300 g/mol. The lowest BCUT2D eigenvalue weighted by Gasteiger charge is -2.21. The van der Waals surface area contributed by atoms with Gasteiger partial charge in [-0.15, -0.1) is 0 Å². The molecule has 1 aliphatic rings. The maximum Gasteiger partial charge on any atom is 0.433 e. The molecule has 21 heavy (non-hydrogen) atoms. The molecule has 0 spiro atoms. The Kier molecular flexibility index (Phi) is 3.44. The molecule has 0 saturated heterocycles. The molecular formula is C13H11ClN2O5. The van der Waals surface area contributed by atoms with E-state index in [2.05, 4.69) is 0 Å². The van der Waals surface area contributed by atoms with Crippen LogP contribution in [-0.2, 0) is 0 Å². The molecule has 1 aromatic carbocycles. The van der Waals surface area contributed by atoms with Crippen molar-refractivity contribution in [1.82, 2.24) is 0 Å². The van der Waals surface area contributed by atoms with Crippen molar-refractivity contribution >= 4 is 17.5 Å². The topological polar surface area (TPSA) is 101 Å². The van der Waals surface area contributed by atoms with E-state index in [4.69, 9.17) is 31.2 Å². The van der Waals surface area contributed by atoms with Crippen molar-refractivity contribution in [3.8, 4) is 11.5 Å². The Hall–Kier alpha value is -2.25. The number of ether oxygens (including phenoxy) is 2. The summed E-state index contributed by atoms with van der Waals surface area (Å²) in [6.07, 6.45) is 0. The largest absolute Gasteiger partial charge is 0.486 e. The number of nitro groups is 1. The minimum absolute atomic E-state index is 0.250. The zero-order valence-electron chi connectivity index (χ0n) is 10.7. The molecule has 2 aromatic rings. The van der Waals surface area contributed by atoms with Crippen LogP contribution in [0.5, 0.6) is 11.5 Å². The lowest BCUT2D eigenvalue weighted by Crippen LogP contribution is -2.17. The highest BCUT2D eigenvalue weighted by molar-refractivity contribution is 6.31. The molecule has 1 aliphatic heterocycles. The second-order valence-electron chi connectivity index (χ2n) is 4.43. The van der Waals surface area contributed by atoms with Crippen LogP contribution in [0.2, 0.25) is 5.02 Å². The fraction of sp³-hybridized carbons (Fsp3) is 0.231. The van der Waals surface area contributed by atoms with Crippen LogP contribution in [0.15, 0.2) is 28.7 Å². The molecule has 1 aromatic heterocycles. The predicted molar refractivity (Wildman–Crippen MR) is 73.8 cm³/mol. The van der Waals surface area contributed by atoms with Crippen LogP contribution in [0.3, 0.4) is 0 Å². The maximum atomic E-state index is 10.6. The van der Waals surface area contributed by atoms with Gasteiger partial charge in [-0.1, -0.05) is 11.6 Å². The normalized spacial score (nSPS) is 14.8. The number of hydrogen-bond donors (Lipinski definition) is 1. The molecule has 2 N–H and O–H groups in total. The average molecular weight is 311 g/mol. The van der Waals surface area contributed by atoms with Crippen LogP contribution in [0.1, 0.15) is 17.4 Å². The first-order chi connectivity index (χ1) is 10.1. The summed E-state index contributed by atoms with van der Waals surface area (Å²) in [5, 5.41) is 11.0. The van der Waals surface area contributed by atoms with E-state index in [1.54, 1.807) is 12.1 Å². The molecule has 0 saturated carbocycles. The molecule has 3 rings (SSSR count). The van der Waals surface area contributed by atoms with Gasteiger partial charge in [0, 0.05) is 11.1 Å². The highest BCUT2D eigenvalue weighted by Gasteiger charge is 2.23. The van der Waals surface area contributed by atoms with Crippen molar-refractivity contribution in [2.45, 2.75) is 6.04 Å². The molecule has 0 radical (unpaired) electrons. The minimum atomic E-state index is -0.734. The van der Waals surface area contributed by atoms with E-state index < -0.39 is 11.0 Å². The third kappa shape index (κ3) is 2.53. The second kappa shape index (κ2) is 5.27. The van der Waals surface area contributed by atoms with Crippen LogP contribution in [-0.4, -0.2) is 18.1 Å². The zero-order valence-corrected chi connectivity index (χ0v) is 11.5. The van der Waals surface area contributed by atoms with Gasteiger partial charge in [-0.05, 0) is 17.7 Å². The third-order valence-corrected chi connectivity index (χ3v) is 3.42. The summed E-state index contributed by atoms with van der Waals surface area (Å²) in [6, 6.07) is 5.25. The molecule has 7 nitrogen and oxygen atoms in total. The predicted octanol–water partition coefficient (Wildman–Crippen LogP) is 2.66. The monoisotopic (exact) mass is 310 g/mol. The molecule has 0 bridgehead atoms. The van der Waals surface area contributed by atoms with Gasteiger partial charge in [-0.25, -0.2) is 0 Å². The van der Waals surface area contributed by atoms with Crippen molar-refractivity contribution in [1.29, 1.82) is 0 Å². The van der Waals surface area contributed by atoms with Crippen LogP contribution in [0, 0.1) is 10.1 Å². The first-order valence-electron chi connectivity index (χ1n) is 6.15. The molecule has 0 aliphatic carbocycles. The molecule has 2 heterocycles. The number of rotatable bonds is 3. The van der Waals surface area contributed by atoms with Crippen LogP contribution in [0.4, 0.5) is 5.88 Å². The lowest BCUT2D eigenvalue weighted by atomic mass is 10.0. The van der Waals surface area contributed by atoms with E-state index in [1.807, 2.05) is 0 Å². The van der Waals surface area contributed by atoms with Crippen molar-refractivity contribution in [3.05, 3.63) is 50.7 Å². The number of halogens is 1. The van der Waals surface area contributed by atoms with Gasteiger partial charge in [0.05, 0.1) is 12.1 Å². The first kappa shape index (κ1) is 13.7. The van der Waals surface area contributed by atoms with Crippen molar-refractivity contribution < 1.29 is 18.8 Å². The van der Waals surface area contributed by atoms with E-state index in [0.29, 0.717) is 35.3 Å². The van der Waals surface area contributed by atoms with Crippen LogP contribution in [0.25, 0.3) is 0 Å². The summed E-state index contributed by atoms with van der Waals surface area (Å²) in [5.41, 5.74) is 6.61. The fourth-order valence-corrected chi connectivity index (χ4v) is 2.35. The maximum absolute atomic E-state index is 10.6. The number of benzene rings is 1. The fourth-order valence-electron chi connectivity index (χ4n) is 2.08. The standard InChI is InChI=1S/C13H11ClN2O5/c14-8-6-11-10(19-3-4-20-11)5-7(8)13(15)9-1-2-12(21-9)16(17)18/h1-2,5-6,13H,3-4,15H2. The first-order valence-corrected chi connectivity index (χ1v) is 6.53. The Morgan fingerprint density at radius 2 is 1.90 bits per heavy atom. The second-order valence-corrected chi connectivity index (χ2v) is 4.84. The number of hydrogen-bond acceptors (Lipinski definition) is 6. The SMILES string of the molecule is NC(c1ccc([N+](=O)[O-])o1)c1cc2c(cc1Cl)OCCO2. The van der Waals surface area contributed by atoms with E-state index in [0.717, 1.165) is 0 Å². The molecule has 8 heteroatoms. The Balaban J connectivity index is 1.96. The van der Waals surface area contributed by atoms with E-state index in [1.165, 1.54) is 12.1 Å². The van der Waals surface area contributed by atoms with Crippen molar-refractivity contribution in [3.63, 3.8) is 0 Å². The summed E-state index contributed by atoms with van der Waals surface area (Å²) in [4.78, 5) is 10.0. The molecule has 110 valence electrons. The molecule has 1 unspecified atom stereocenters. The van der Waals surface area contributed by atoms with Gasteiger partial charge < -0.3 is 19.6 Å². The van der Waals surface area contributed by atoms with Crippen molar-refractivity contribution in [2.75, 3.05) is 13.2 Å². The molecule has 0 fully saturated rings. The van der Waals surface area contributed by atoms with Gasteiger partial charge in [-0.3, -0.25) is 10.1 Å². The Morgan fingerprint density at radius 3 is 2.52 bits per heavy atom. The highest BCUT2D eigenvalue weighted by Crippen LogP contribution is 2.39. The van der Waals surface area contributed by atoms with Gasteiger partial charge in [0.25, 0.3) is 0 Å². The van der Waals surface area contributed by atoms with Crippen LogP contribution < -0.4 is 15.2 Å². The van der Waals surface area contributed by atoms with E-state index in [-0.39, 0.29) is 11.6 Å². The molecule has 1 atom stereocenters. The summed E-state index contributed by atoms with van der Waals surface area (Å²) in [5.74, 6) is 0.971. The van der Waals surface area contributed by atoms with Gasteiger partial charge >= 0.3 is 5.88 Å². The summed E-state index contributed by atoms with van der Waals surface area (Å²) in [7, 11) is 0. The summed E-state index contributed by atoms with van der Waals surface area (Å²) < 4.78 is 16.0. The number of nitrogens with two attached hydrogens (primary N) is 1. The van der Waals surface area contributed by atoms with E-state index >= 15 is 0 Å². The Morgan fingerprint density at radius 1 is 1.24 bits per heavy atom. The third-order valence-electron chi connectivity index (χ3n) is 3.10. The number of fused-ring (bicyclic) bond motifs is 1. The average Bonchev–Trinajstić information content (AvgIpc) is 2.96. The Bertz CT molecular complexity index is 700. The van der Waals surface area contributed by atoms with Crippen molar-refractivity contribution in [2.24, 2.45) is 5.73 Å². The molecule has 0 amide bonds. The lowest BCUT2D eigenvalue weighted by molar-refractivity contribution is -0.402. The Labute approximate surface area is 124 Å². The van der Waals surface area contributed by atoms with Gasteiger partial charge in [0.15, 0.2) is 11.5 Å². The smallest absolute Gasteiger partial charge is 0.433 e.